The van der Waals surface area contributed by atoms with Gasteiger partial charge in [-0.25, -0.2) is 4.79 Å². The molecule has 0 saturated heterocycles. The standard InChI is InChI=1S/C19H12Cl2N4O2/c20-13-4-1-10(7-14(13)21)15-5-2-11(9-22-15)18(26)23-12-3-6-16-17(8-12)25-19(27)24-16/h1-9H,(H,23,26)(H2,24,25,27). The third-order valence-corrected chi connectivity index (χ3v) is 4.75. The number of aromatic nitrogens is 3. The van der Waals surface area contributed by atoms with Crippen LogP contribution in [0.3, 0.4) is 0 Å². The number of nitrogens with one attached hydrogen (secondary N) is 3. The molecular weight excluding hydrogens is 387 g/mol. The van der Waals surface area contributed by atoms with Crippen molar-refractivity contribution in [3.8, 4) is 11.3 Å². The molecule has 0 aliphatic heterocycles. The van der Waals surface area contributed by atoms with Gasteiger partial charge in [-0.1, -0.05) is 29.3 Å². The molecule has 4 rings (SSSR count). The highest BCUT2D eigenvalue weighted by Gasteiger charge is 2.09. The van der Waals surface area contributed by atoms with Crippen LogP contribution < -0.4 is 11.0 Å². The van der Waals surface area contributed by atoms with Crippen molar-refractivity contribution >= 4 is 45.8 Å². The Morgan fingerprint density at radius 2 is 1.74 bits per heavy atom. The van der Waals surface area contributed by atoms with Gasteiger partial charge in [-0.3, -0.25) is 9.78 Å². The van der Waals surface area contributed by atoms with Crippen LogP contribution in [0.4, 0.5) is 5.69 Å². The van der Waals surface area contributed by atoms with Gasteiger partial charge < -0.3 is 15.3 Å². The van der Waals surface area contributed by atoms with Crippen molar-refractivity contribution in [3.05, 3.63) is 80.8 Å². The second-order valence-corrected chi connectivity index (χ2v) is 6.67. The Morgan fingerprint density at radius 3 is 2.48 bits per heavy atom. The van der Waals surface area contributed by atoms with E-state index in [4.69, 9.17) is 23.2 Å². The van der Waals surface area contributed by atoms with Crippen molar-refractivity contribution in [2.75, 3.05) is 5.32 Å². The topological polar surface area (TPSA) is 90.6 Å². The summed E-state index contributed by atoms with van der Waals surface area (Å²) in [6.07, 6.45) is 1.49. The highest BCUT2D eigenvalue weighted by molar-refractivity contribution is 6.42. The summed E-state index contributed by atoms with van der Waals surface area (Å²) in [6.45, 7) is 0. The van der Waals surface area contributed by atoms with E-state index in [-0.39, 0.29) is 11.6 Å². The summed E-state index contributed by atoms with van der Waals surface area (Å²) in [5.41, 5.74) is 3.44. The normalized spacial score (nSPS) is 10.9. The second-order valence-electron chi connectivity index (χ2n) is 5.85. The number of imidazole rings is 1. The number of anilines is 1. The van der Waals surface area contributed by atoms with E-state index in [9.17, 15) is 9.59 Å². The number of H-pyrrole nitrogens is 2. The van der Waals surface area contributed by atoms with Gasteiger partial charge >= 0.3 is 5.69 Å². The smallest absolute Gasteiger partial charge is 0.322 e. The molecule has 0 radical (unpaired) electrons. The number of pyridine rings is 1. The molecule has 0 atom stereocenters. The van der Waals surface area contributed by atoms with Gasteiger partial charge in [0.1, 0.15) is 0 Å². The van der Waals surface area contributed by atoms with Gasteiger partial charge in [-0.15, -0.1) is 0 Å². The quantitative estimate of drug-likeness (QED) is 0.475. The van der Waals surface area contributed by atoms with Gasteiger partial charge in [0.15, 0.2) is 0 Å². The molecule has 0 bridgehead atoms. The van der Waals surface area contributed by atoms with E-state index in [0.29, 0.717) is 38.0 Å². The summed E-state index contributed by atoms with van der Waals surface area (Å²) < 4.78 is 0. The first-order valence-electron chi connectivity index (χ1n) is 7.94. The van der Waals surface area contributed by atoms with Crippen molar-refractivity contribution in [3.63, 3.8) is 0 Å². The van der Waals surface area contributed by atoms with E-state index >= 15 is 0 Å². The maximum atomic E-state index is 12.4. The fourth-order valence-corrected chi connectivity index (χ4v) is 2.97. The van der Waals surface area contributed by atoms with Gasteiger partial charge in [0, 0.05) is 17.4 Å². The average molecular weight is 399 g/mol. The number of amides is 1. The van der Waals surface area contributed by atoms with E-state index in [2.05, 4.69) is 20.3 Å². The first-order chi connectivity index (χ1) is 13.0. The molecule has 8 heteroatoms. The zero-order chi connectivity index (χ0) is 19.0. The molecule has 0 aliphatic rings. The molecule has 0 spiro atoms. The number of carbonyl (C=O) groups excluding carboxylic acids is 1. The fourth-order valence-electron chi connectivity index (χ4n) is 2.67. The molecule has 134 valence electrons. The lowest BCUT2D eigenvalue weighted by Crippen LogP contribution is -2.12. The third kappa shape index (κ3) is 3.58. The Bertz CT molecular complexity index is 1210. The van der Waals surface area contributed by atoms with E-state index < -0.39 is 0 Å². The number of halogens is 2. The molecule has 2 aromatic heterocycles. The molecule has 6 nitrogen and oxygen atoms in total. The summed E-state index contributed by atoms with van der Waals surface area (Å²) in [7, 11) is 0. The molecular formula is C19H12Cl2N4O2. The predicted molar refractivity (Wildman–Crippen MR) is 107 cm³/mol. The molecule has 3 N–H and O–H groups in total. The summed E-state index contributed by atoms with van der Waals surface area (Å²) >= 11 is 12.0. The van der Waals surface area contributed by atoms with E-state index in [1.54, 1.807) is 42.5 Å². The van der Waals surface area contributed by atoms with Crippen LogP contribution >= 0.6 is 23.2 Å². The van der Waals surface area contributed by atoms with Crippen molar-refractivity contribution in [1.29, 1.82) is 0 Å². The Morgan fingerprint density at radius 1 is 0.926 bits per heavy atom. The minimum atomic E-state index is -0.305. The van der Waals surface area contributed by atoms with Crippen LogP contribution in [-0.2, 0) is 0 Å². The van der Waals surface area contributed by atoms with Gasteiger partial charge in [0.2, 0.25) is 0 Å². The van der Waals surface area contributed by atoms with Gasteiger partial charge in [0.25, 0.3) is 5.91 Å². The van der Waals surface area contributed by atoms with Gasteiger partial charge in [-0.2, -0.15) is 0 Å². The molecule has 0 aliphatic carbocycles. The maximum Gasteiger partial charge on any atom is 0.323 e. The van der Waals surface area contributed by atoms with Crippen LogP contribution in [-0.4, -0.2) is 20.9 Å². The van der Waals surface area contributed by atoms with Crippen LogP contribution in [0.15, 0.2) is 59.5 Å². The highest BCUT2D eigenvalue weighted by Crippen LogP contribution is 2.27. The fraction of sp³-hybridized carbons (Fsp3) is 0. The average Bonchev–Trinajstić information content (AvgIpc) is 3.03. The Kier molecular flexibility index (Phi) is 4.43. The number of nitrogens with zero attached hydrogens (tertiary/aromatic N) is 1. The van der Waals surface area contributed by atoms with Crippen LogP contribution in [0.1, 0.15) is 10.4 Å². The number of rotatable bonds is 3. The molecule has 1 amide bonds. The molecule has 0 fully saturated rings. The number of benzene rings is 2. The van der Waals surface area contributed by atoms with E-state index in [1.807, 2.05) is 6.07 Å². The summed E-state index contributed by atoms with van der Waals surface area (Å²) in [6, 6.07) is 13.8. The second kappa shape index (κ2) is 6.90. The van der Waals surface area contributed by atoms with Crippen molar-refractivity contribution in [2.45, 2.75) is 0 Å². The monoisotopic (exact) mass is 398 g/mol. The Balaban J connectivity index is 1.54. The molecule has 0 unspecified atom stereocenters. The minimum absolute atomic E-state index is 0.296. The van der Waals surface area contributed by atoms with Crippen molar-refractivity contribution in [2.24, 2.45) is 0 Å². The molecule has 2 aromatic carbocycles. The number of carbonyl (C=O) groups is 1. The van der Waals surface area contributed by atoms with Gasteiger partial charge in [-0.05, 0) is 42.5 Å². The third-order valence-electron chi connectivity index (χ3n) is 4.01. The minimum Gasteiger partial charge on any atom is -0.322 e. The summed E-state index contributed by atoms with van der Waals surface area (Å²) in [4.78, 5) is 33.4. The highest BCUT2D eigenvalue weighted by atomic mass is 35.5. The largest absolute Gasteiger partial charge is 0.323 e. The van der Waals surface area contributed by atoms with Crippen LogP contribution in [0.2, 0.25) is 10.0 Å². The molecule has 27 heavy (non-hydrogen) atoms. The number of fused-ring (bicyclic) bond motifs is 1. The van der Waals surface area contributed by atoms with Gasteiger partial charge in [0.05, 0.1) is 32.3 Å². The summed E-state index contributed by atoms with van der Waals surface area (Å²) in [5, 5.41) is 3.69. The lowest BCUT2D eigenvalue weighted by atomic mass is 10.1. The number of hydrogen-bond donors (Lipinski definition) is 3. The van der Waals surface area contributed by atoms with Crippen LogP contribution in [0, 0.1) is 0 Å². The lowest BCUT2D eigenvalue weighted by Gasteiger charge is -2.07. The molecule has 4 aromatic rings. The molecule has 2 heterocycles. The molecule has 0 saturated carbocycles. The summed E-state index contributed by atoms with van der Waals surface area (Å²) in [5.74, 6) is -0.305. The maximum absolute atomic E-state index is 12.4. The Hall–Kier alpha value is -3.09. The van der Waals surface area contributed by atoms with Crippen molar-refractivity contribution < 1.29 is 4.79 Å². The van der Waals surface area contributed by atoms with Crippen LogP contribution in [0.5, 0.6) is 0 Å². The van der Waals surface area contributed by atoms with Crippen molar-refractivity contribution in [1.82, 2.24) is 15.0 Å². The Labute approximate surface area is 163 Å². The lowest BCUT2D eigenvalue weighted by molar-refractivity contribution is 0.102. The van der Waals surface area contributed by atoms with E-state index in [1.165, 1.54) is 6.20 Å². The SMILES string of the molecule is O=C(Nc1ccc2[nH]c(=O)[nH]c2c1)c1ccc(-c2ccc(Cl)c(Cl)c2)nc1. The van der Waals surface area contributed by atoms with Crippen LogP contribution in [0.25, 0.3) is 22.3 Å². The zero-order valence-electron chi connectivity index (χ0n) is 13.7. The zero-order valence-corrected chi connectivity index (χ0v) is 15.2. The first-order valence-corrected chi connectivity index (χ1v) is 8.70. The van der Waals surface area contributed by atoms with E-state index in [0.717, 1.165) is 5.56 Å². The number of hydrogen-bond acceptors (Lipinski definition) is 3. The first kappa shape index (κ1) is 17.3. The number of aromatic amines is 2. The predicted octanol–water partition coefficient (Wildman–Crippen LogP) is 4.48.